The molecule has 1 aromatic rings. The van der Waals surface area contributed by atoms with Gasteiger partial charge in [-0.05, 0) is 32.9 Å². The largest absolute Gasteiger partial charge is 0.384 e. The molecule has 0 unspecified atom stereocenters. The summed E-state index contributed by atoms with van der Waals surface area (Å²) < 4.78 is 5.09. The number of Topliss-reactive ketones (excluding diaryl/α,β-unsaturated/α-hetero) is 1. The van der Waals surface area contributed by atoms with Crippen LogP contribution in [0, 0.1) is 12.8 Å². The molecule has 106 valence electrons. The van der Waals surface area contributed by atoms with Gasteiger partial charge in [0, 0.05) is 24.3 Å². The zero-order chi connectivity index (χ0) is 13.7. The lowest BCUT2D eigenvalue weighted by atomic mass is 9.92. The van der Waals surface area contributed by atoms with Crippen LogP contribution in [0.25, 0.3) is 0 Å². The molecule has 1 N–H and O–H groups in total. The van der Waals surface area contributed by atoms with E-state index in [0.717, 1.165) is 43.1 Å². The Balaban J connectivity index is 1.92. The lowest BCUT2D eigenvalue weighted by Crippen LogP contribution is -2.32. The van der Waals surface area contributed by atoms with Crippen LogP contribution in [-0.4, -0.2) is 37.6 Å². The molecule has 2 rings (SSSR count). The van der Waals surface area contributed by atoms with Gasteiger partial charge in [-0.25, -0.2) is 4.98 Å². The standard InChI is InChI=1S/C14H22N2O2S/c1-10-13(5-8-18-2)19-14(16-10)9-12(17)11-3-6-15-7-4-11/h11,15H,3-9H2,1-2H3. The predicted octanol–water partition coefficient (Wildman–Crippen LogP) is 1.75. The molecule has 1 saturated heterocycles. The second-order valence-electron chi connectivity index (χ2n) is 5.03. The van der Waals surface area contributed by atoms with Crippen LogP contribution in [0.5, 0.6) is 0 Å². The topological polar surface area (TPSA) is 51.2 Å². The van der Waals surface area contributed by atoms with Crippen molar-refractivity contribution in [3.63, 3.8) is 0 Å². The highest BCUT2D eigenvalue weighted by Gasteiger charge is 2.22. The Morgan fingerprint density at radius 1 is 1.47 bits per heavy atom. The van der Waals surface area contributed by atoms with E-state index in [1.807, 2.05) is 6.92 Å². The zero-order valence-corrected chi connectivity index (χ0v) is 12.5. The quantitative estimate of drug-likeness (QED) is 0.863. The highest BCUT2D eigenvalue weighted by atomic mass is 32.1. The Hall–Kier alpha value is -0.780. The van der Waals surface area contributed by atoms with E-state index in [2.05, 4.69) is 10.3 Å². The summed E-state index contributed by atoms with van der Waals surface area (Å²) in [5.41, 5.74) is 1.05. The number of aryl methyl sites for hydroxylation is 1. The van der Waals surface area contributed by atoms with Gasteiger partial charge in [-0.15, -0.1) is 11.3 Å². The summed E-state index contributed by atoms with van der Waals surface area (Å²) in [4.78, 5) is 18.0. The van der Waals surface area contributed by atoms with Gasteiger partial charge in [0.1, 0.15) is 10.8 Å². The predicted molar refractivity (Wildman–Crippen MR) is 76.7 cm³/mol. The number of carbonyl (C=O) groups excluding carboxylic acids is 1. The first-order chi connectivity index (χ1) is 9.20. The summed E-state index contributed by atoms with van der Waals surface area (Å²) in [6.45, 7) is 4.66. The average Bonchev–Trinajstić information content (AvgIpc) is 2.77. The van der Waals surface area contributed by atoms with Crippen LogP contribution in [0.1, 0.15) is 28.4 Å². The summed E-state index contributed by atoms with van der Waals surface area (Å²) in [7, 11) is 1.71. The van der Waals surface area contributed by atoms with Gasteiger partial charge in [0.2, 0.25) is 0 Å². The Morgan fingerprint density at radius 2 is 2.21 bits per heavy atom. The fraction of sp³-hybridized carbons (Fsp3) is 0.714. The van der Waals surface area contributed by atoms with Crippen LogP contribution in [0.4, 0.5) is 0 Å². The molecule has 5 heteroatoms. The molecule has 2 heterocycles. The average molecular weight is 282 g/mol. The molecule has 4 nitrogen and oxygen atoms in total. The lowest BCUT2D eigenvalue weighted by molar-refractivity contribution is -0.122. The van der Waals surface area contributed by atoms with Crippen LogP contribution < -0.4 is 5.32 Å². The maximum Gasteiger partial charge on any atom is 0.142 e. The molecule has 0 saturated carbocycles. The molecule has 1 fully saturated rings. The van der Waals surface area contributed by atoms with Crippen LogP contribution >= 0.6 is 11.3 Å². The third-order valence-electron chi connectivity index (χ3n) is 3.59. The van der Waals surface area contributed by atoms with Crippen molar-refractivity contribution < 1.29 is 9.53 Å². The first kappa shape index (κ1) is 14.6. The van der Waals surface area contributed by atoms with E-state index in [9.17, 15) is 4.79 Å². The minimum absolute atomic E-state index is 0.230. The zero-order valence-electron chi connectivity index (χ0n) is 11.7. The Labute approximate surface area is 118 Å². The van der Waals surface area contributed by atoms with Crippen molar-refractivity contribution in [2.75, 3.05) is 26.8 Å². The number of carbonyl (C=O) groups is 1. The van der Waals surface area contributed by atoms with E-state index in [-0.39, 0.29) is 5.92 Å². The van der Waals surface area contributed by atoms with Crippen molar-refractivity contribution in [1.29, 1.82) is 0 Å². The number of hydrogen-bond acceptors (Lipinski definition) is 5. The second kappa shape index (κ2) is 7.12. The van der Waals surface area contributed by atoms with Gasteiger partial charge >= 0.3 is 0 Å². The number of methoxy groups -OCH3 is 1. The van der Waals surface area contributed by atoms with Crippen molar-refractivity contribution in [2.24, 2.45) is 5.92 Å². The van der Waals surface area contributed by atoms with Gasteiger partial charge in [-0.3, -0.25) is 4.79 Å². The molecule has 0 spiro atoms. The van der Waals surface area contributed by atoms with Crippen molar-refractivity contribution in [3.8, 4) is 0 Å². The minimum atomic E-state index is 0.230. The second-order valence-corrected chi connectivity index (χ2v) is 6.19. The van der Waals surface area contributed by atoms with Gasteiger partial charge < -0.3 is 10.1 Å². The van der Waals surface area contributed by atoms with Crippen LogP contribution in [0.15, 0.2) is 0 Å². The summed E-state index contributed by atoms with van der Waals surface area (Å²) in [6, 6.07) is 0. The lowest BCUT2D eigenvalue weighted by Gasteiger charge is -2.20. The van der Waals surface area contributed by atoms with E-state index < -0.39 is 0 Å². The molecule has 1 aromatic heterocycles. The summed E-state index contributed by atoms with van der Waals surface area (Å²) in [5.74, 6) is 0.585. The monoisotopic (exact) mass is 282 g/mol. The maximum atomic E-state index is 12.2. The molecular weight excluding hydrogens is 260 g/mol. The van der Waals surface area contributed by atoms with Crippen LogP contribution in [0.2, 0.25) is 0 Å². The van der Waals surface area contributed by atoms with Gasteiger partial charge in [0.25, 0.3) is 0 Å². The first-order valence-electron chi connectivity index (χ1n) is 6.88. The number of ether oxygens (including phenoxy) is 1. The minimum Gasteiger partial charge on any atom is -0.384 e. The van der Waals surface area contributed by atoms with Crippen molar-refractivity contribution in [1.82, 2.24) is 10.3 Å². The molecule has 0 bridgehead atoms. The summed E-state index contributed by atoms with van der Waals surface area (Å²) in [5, 5.41) is 4.26. The molecule has 19 heavy (non-hydrogen) atoms. The van der Waals surface area contributed by atoms with Gasteiger partial charge in [0.15, 0.2) is 0 Å². The smallest absolute Gasteiger partial charge is 0.142 e. The molecule has 0 aromatic carbocycles. The number of piperidine rings is 1. The number of ketones is 1. The van der Waals surface area contributed by atoms with Crippen molar-refractivity contribution in [2.45, 2.75) is 32.6 Å². The summed E-state index contributed by atoms with van der Waals surface area (Å²) in [6.07, 6.45) is 3.34. The molecule has 1 aliphatic rings. The fourth-order valence-electron chi connectivity index (χ4n) is 2.43. The SMILES string of the molecule is COCCc1sc(CC(=O)C2CCNCC2)nc1C. The maximum absolute atomic E-state index is 12.2. The van der Waals surface area contributed by atoms with Crippen LogP contribution in [0.3, 0.4) is 0 Å². The molecule has 0 radical (unpaired) electrons. The van der Waals surface area contributed by atoms with E-state index in [1.165, 1.54) is 4.88 Å². The third kappa shape index (κ3) is 4.09. The molecule has 0 atom stereocenters. The van der Waals surface area contributed by atoms with Crippen LogP contribution in [-0.2, 0) is 22.4 Å². The summed E-state index contributed by atoms with van der Waals surface area (Å²) >= 11 is 1.66. The highest BCUT2D eigenvalue weighted by Crippen LogP contribution is 2.22. The Kier molecular flexibility index (Phi) is 5.48. The van der Waals surface area contributed by atoms with E-state index in [1.54, 1.807) is 18.4 Å². The first-order valence-corrected chi connectivity index (χ1v) is 7.70. The highest BCUT2D eigenvalue weighted by molar-refractivity contribution is 7.11. The Bertz CT molecular complexity index is 425. The van der Waals surface area contributed by atoms with Gasteiger partial charge in [0.05, 0.1) is 18.7 Å². The number of hydrogen-bond donors (Lipinski definition) is 1. The molecule has 0 aliphatic carbocycles. The van der Waals surface area contributed by atoms with Gasteiger partial charge in [-0.2, -0.15) is 0 Å². The molecule has 0 amide bonds. The molecule has 1 aliphatic heterocycles. The number of thiazole rings is 1. The number of nitrogens with zero attached hydrogens (tertiary/aromatic N) is 1. The third-order valence-corrected chi connectivity index (χ3v) is 4.81. The Morgan fingerprint density at radius 3 is 2.89 bits per heavy atom. The number of aromatic nitrogens is 1. The van der Waals surface area contributed by atoms with Gasteiger partial charge in [-0.1, -0.05) is 0 Å². The van der Waals surface area contributed by atoms with E-state index in [4.69, 9.17) is 4.74 Å². The van der Waals surface area contributed by atoms with Crippen molar-refractivity contribution >= 4 is 17.1 Å². The fourth-order valence-corrected chi connectivity index (χ4v) is 3.49. The molecular formula is C14H22N2O2S. The van der Waals surface area contributed by atoms with E-state index >= 15 is 0 Å². The normalized spacial score (nSPS) is 16.7. The van der Waals surface area contributed by atoms with E-state index in [0.29, 0.717) is 18.8 Å². The van der Waals surface area contributed by atoms with Crippen molar-refractivity contribution in [3.05, 3.63) is 15.6 Å². The number of nitrogens with one attached hydrogen (secondary N) is 1. The number of rotatable bonds is 6.